The Bertz CT molecular complexity index is 718. The quantitative estimate of drug-likeness (QED) is 0.125. The van der Waals surface area contributed by atoms with E-state index in [2.05, 4.69) is 16.0 Å². The van der Waals surface area contributed by atoms with Crippen LogP contribution in [0, 0.1) is 11.8 Å². The predicted octanol–water partition coefficient (Wildman–Crippen LogP) is -0.0613. The maximum atomic E-state index is 13.1. The molecule has 0 saturated carbocycles. The van der Waals surface area contributed by atoms with Crippen LogP contribution in [0.25, 0.3) is 0 Å². The number of carboxylic acids is 2. The lowest BCUT2D eigenvalue weighted by molar-refractivity contribution is -0.143. The molecule has 0 aliphatic carbocycles. The van der Waals surface area contributed by atoms with Gasteiger partial charge >= 0.3 is 11.9 Å². The van der Waals surface area contributed by atoms with E-state index < -0.39 is 60.2 Å². The molecule has 0 radical (unpaired) electrons. The van der Waals surface area contributed by atoms with Crippen molar-refractivity contribution in [1.29, 1.82) is 0 Å². The summed E-state index contributed by atoms with van der Waals surface area (Å²) in [6, 6.07) is -4.35. The van der Waals surface area contributed by atoms with Gasteiger partial charge in [0.15, 0.2) is 0 Å². The zero-order chi connectivity index (χ0) is 27.1. The molecule has 6 unspecified atom stereocenters. The number of hydrogen-bond donors (Lipinski definition) is 7. The van der Waals surface area contributed by atoms with Crippen molar-refractivity contribution < 1.29 is 34.2 Å². The number of aliphatic carboxylic acids is 2. The van der Waals surface area contributed by atoms with Gasteiger partial charge in [0.1, 0.15) is 18.1 Å². The van der Waals surface area contributed by atoms with Gasteiger partial charge in [0.05, 0.1) is 6.04 Å². The summed E-state index contributed by atoms with van der Waals surface area (Å²) in [7, 11) is 0. The maximum Gasteiger partial charge on any atom is 0.326 e. The van der Waals surface area contributed by atoms with Gasteiger partial charge in [-0.1, -0.05) is 40.5 Å². The van der Waals surface area contributed by atoms with Gasteiger partial charge < -0.3 is 37.6 Å². The molecule has 12 heteroatoms. The van der Waals surface area contributed by atoms with E-state index in [0.29, 0.717) is 32.2 Å². The van der Waals surface area contributed by atoms with Crippen LogP contribution in [-0.2, 0) is 24.0 Å². The molecule has 0 bridgehead atoms. The summed E-state index contributed by atoms with van der Waals surface area (Å²) in [6.07, 6.45) is 1.70. The highest BCUT2D eigenvalue weighted by Gasteiger charge is 2.33. The third-order valence-corrected chi connectivity index (χ3v) is 6.19. The van der Waals surface area contributed by atoms with Gasteiger partial charge in [-0.2, -0.15) is 0 Å². The van der Waals surface area contributed by atoms with Crippen molar-refractivity contribution in [3.63, 3.8) is 0 Å². The molecule has 6 atom stereocenters. The first kappa shape index (κ1) is 32.3. The summed E-state index contributed by atoms with van der Waals surface area (Å²) in [4.78, 5) is 61.2. The van der Waals surface area contributed by atoms with Crippen molar-refractivity contribution >= 4 is 29.7 Å². The summed E-state index contributed by atoms with van der Waals surface area (Å²) >= 11 is 0. The SMILES string of the molecule is CCC(C)C(N)C(=O)NC(C(=O)NC(CCC(=O)O)C(=O)NC(CCCCN)C(=O)O)C(C)CC. The van der Waals surface area contributed by atoms with Crippen molar-refractivity contribution in [2.24, 2.45) is 23.3 Å². The van der Waals surface area contributed by atoms with E-state index in [1.165, 1.54) is 0 Å². The molecule has 0 spiro atoms. The summed E-state index contributed by atoms with van der Waals surface area (Å²) in [5, 5.41) is 26.0. The van der Waals surface area contributed by atoms with E-state index in [0.717, 1.165) is 0 Å². The minimum absolute atomic E-state index is 0.114. The standard InChI is InChI=1S/C23H43N5O7/c1-5-13(3)18(25)21(32)28-19(14(4)6-2)22(33)26-15(10-11-17(29)30)20(31)27-16(23(34)35)9-7-8-12-24/h13-16,18-19H,5-12,24-25H2,1-4H3,(H,26,33)(H,27,31)(H,28,32)(H,29,30)(H,34,35). The van der Waals surface area contributed by atoms with Crippen LogP contribution in [-0.4, -0.2) is 70.6 Å². The van der Waals surface area contributed by atoms with E-state index in [-0.39, 0.29) is 24.7 Å². The number of nitrogens with two attached hydrogens (primary N) is 2. The first-order chi connectivity index (χ1) is 16.4. The number of unbranched alkanes of at least 4 members (excludes halogenated alkanes) is 1. The van der Waals surface area contributed by atoms with Gasteiger partial charge in [-0.25, -0.2) is 4.79 Å². The average molecular weight is 502 g/mol. The molecule has 0 aromatic carbocycles. The Morgan fingerprint density at radius 2 is 1.34 bits per heavy atom. The van der Waals surface area contributed by atoms with Crippen molar-refractivity contribution in [3.05, 3.63) is 0 Å². The number of rotatable bonds is 18. The number of carbonyl (C=O) groups excluding carboxylic acids is 3. The highest BCUT2D eigenvalue weighted by molar-refractivity contribution is 5.94. The van der Waals surface area contributed by atoms with E-state index in [9.17, 15) is 29.1 Å². The molecule has 0 aliphatic heterocycles. The molecule has 0 aromatic rings. The van der Waals surface area contributed by atoms with Crippen LogP contribution in [0.5, 0.6) is 0 Å². The fraction of sp³-hybridized carbons (Fsp3) is 0.783. The van der Waals surface area contributed by atoms with Gasteiger partial charge in [0.2, 0.25) is 17.7 Å². The molecule has 0 rings (SSSR count). The topological polar surface area (TPSA) is 214 Å². The van der Waals surface area contributed by atoms with Crippen molar-refractivity contribution in [1.82, 2.24) is 16.0 Å². The molecule has 0 aliphatic rings. The van der Waals surface area contributed by atoms with Crippen molar-refractivity contribution in [2.75, 3.05) is 6.54 Å². The second kappa shape index (κ2) is 16.8. The Labute approximate surface area is 206 Å². The Morgan fingerprint density at radius 3 is 1.83 bits per heavy atom. The minimum Gasteiger partial charge on any atom is -0.481 e. The molecule has 202 valence electrons. The van der Waals surface area contributed by atoms with Crippen LogP contribution < -0.4 is 27.4 Å². The average Bonchev–Trinajstić information content (AvgIpc) is 2.82. The molecule has 35 heavy (non-hydrogen) atoms. The summed E-state index contributed by atoms with van der Waals surface area (Å²) in [5.41, 5.74) is 11.4. The van der Waals surface area contributed by atoms with Crippen LogP contribution >= 0.6 is 0 Å². The summed E-state index contributed by atoms with van der Waals surface area (Å²) in [5.74, 6) is -4.85. The largest absolute Gasteiger partial charge is 0.481 e. The Kier molecular flexibility index (Phi) is 15.5. The van der Waals surface area contributed by atoms with Gasteiger partial charge in [-0.05, 0) is 44.1 Å². The minimum atomic E-state index is -1.30. The smallest absolute Gasteiger partial charge is 0.326 e. The second-order valence-corrected chi connectivity index (χ2v) is 8.96. The Hall–Kier alpha value is -2.73. The molecular formula is C23H43N5O7. The first-order valence-electron chi connectivity index (χ1n) is 12.2. The molecular weight excluding hydrogens is 458 g/mol. The van der Waals surface area contributed by atoms with Crippen LogP contribution in [0.15, 0.2) is 0 Å². The zero-order valence-electron chi connectivity index (χ0n) is 21.2. The summed E-state index contributed by atoms with van der Waals surface area (Å²) in [6.45, 7) is 7.67. The number of carbonyl (C=O) groups is 5. The van der Waals surface area contributed by atoms with Crippen LogP contribution in [0.1, 0.15) is 72.6 Å². The third kappa shape index (κ3) is 12.0. The van der Waals surface area contributed by atoms with Crippen LogP contribution in [0.2, 0.25) is 0 Å². The highest BCUT2D eigenvalue weighted by Crippen LogP contribution is 2.12. The summed E-state index contributed by atoms with van der Waals surface area (Å²) < 4.78 is 0. The van der Waals surface area contributed by atoms with E-state index in [4.69, 9.17) is 16.6 Å². The first-order valence-corrected chi connectivity index (χ1v) is 12.2. The van der Waals surface area contributed by atoms with Gasteiger partial charge in [-0.15, -0.1) is 0 Å². The van der Waals surface area contributed by atoms with Crippen LogP contribution in [0.4, 0.5) is 0 Å². The van der Waals surface area contributed by atoms with Crippen molar-refractivity contribution in [2.45, 2.75) is 96.8 Å². The lowest BCUT2D eigenvalue weighted by atomic mass is 9.95. The monoisotopic (exact) mass is 501 g/mol. The Morgan fingerprint density at radius 1 is 0.771 bits per heavy atom. The molecule has 0 aromatic heterocycles. The molecule has 12 nitrogen and oxygen atoms in total. The predicted molar refractivity (Wildman–Crippen MR) is 130 cm³/mol. The van der Waals surface area contributed by atoms with Crippen LogP contribution in [0.3, 0.4) is 0 Å². The molecule has 3 amide bonds. The third-order valence-electron chi connectivity index (χ3n) is 6.19. The van der Waals surface area contributed by atoms with Gasteiger partial charge in [0, 0.05) is 6.42 Å². The number of nitrogens with one attached hydrogen (secondary N) is 3. The number of hydrogen-bond acceptors (Lipinski definition) is 7. The normalized spacial score (nSPS) is 16.2. The molecule has 9 N–H and O–H groups in total. The van der Waals surface area contributed by atoms with Crippen molar-refractivity contribution in [3.8, 4) is 0 Å². The zero-order valence-corrected chi connectivity index (χ0v) is 21.2. The van der Waals surface area contributed by atoms with Gasteiger partial charge in [0.25, 0.3) is 0 Å². The van der Waals surface area contributed by atoms with E-state index >= 15 is 0 Å². The highest BCUT2D eigenvalue weighted by atomic mass is 16.4. The molecule has 0 saturated heterocycles. The molecule has 0 fully saturated rings. The fourth-order valence-electron chi connectivity index (χ4n) is 3.28. The maximum absolute atomic E-state index is 13.1. The van der Waals surface area contributed by atoms with Gasteiger partial charge in [-0.3, -0.25) is 19.2 Å². The lowest BCUT2D eigenvalue weighted by Gasteiger charge is -2.28. The lowest BCUT2D eigenvalue weighted by Crippen LogP contribution is -2.59. The fourth-order valence-corrected chi connectivity index (χ4v) is 3.28. The van der Waals surface area contributed by atoms with E-state index in [1.807, 2.05) is 20.8 Å². The number of amides is 3. The van der Waals surface area contributed by atoms with E-state index in [1.54, 1.807) is 6.92 Å². The number of carboxylic acid groups (broad SMARTS) is 2. The molecule has 0 heterocycles. The second-order valence-electron chi connectivity index (χ2n) is 8.96. The Balaban J connectivity index is 5.61.